The molecule has 0 amide bonds. The van der Waals surface area contributed by atoms with E-state index in [4.69, 9.17) is 14.2 Å². The summed E-state index contributed by atoms with van der Waals surface area (Å²) in [6.07, 6.45) is -2.71. The average molecular weight is 1010 g/mol. The maximum Gasteiger partial charge on any atom is 0.184 e. The van der Waals surface area contributed by atoms with Crippen molar-refractivity contribution in [2.45, 2.75) is 84.0 Å². The Morgan fingerprint density at radius 1 is 0.808 bits per heavy atom. The van der Waals surface area contributed by atoms with E-state index in [0.29, 0.717) is 5.92 Å². The topological polar surface area (TPSA) is 88.4 Å². The van der Waals surface area contributed by atoms with Crippen LogP contribution in [0.5, 0.6) is 0 Å². The van der Waals surface area contributed by atoms with E-state index in [1.165, 1.54) is 0 Å². The van der Waals surface area contributed by atoms with Crippen molar-refractivity contribution in [2.24, 2.45) is 17.8 Å². The SMILES string of the molecule is CC[C@H]1O[C@H](C)C(C)C(C)[C@@H]1O[C@@H]1OC(CO)[C@H](O)[C@@H](C)C1O.[Ac].[Ac].[Ac]. The summed E-state index contributed by atoms with van der Waals surface area (Å²) in [5.41, 5.74) is 0. The molecular weight excluding hydrogens is 981 g/mol. The molecule has 2 heterocycles. The largest absolute Gasteiger partial charge is 0.394 e. The van der Waals surface area contributed by atoms with E-state index >= 15 is 0 Å². The average Bonchev–Trinajstić information content (AvgIpc) is 2.55. The van der Waals surface area contributed by atoms with Crippen LogP contribution in [-0.2, 0) is 14.2 Å². The normalized spacial score (nSPS) is 45.7. The van der Waals surface area contributed by atoms with Crippen LogP contribution in [0.4, 0.5) is 0 Å². The number of aliphatic hydroxyl groups is 3. The summed E-state index contributed by atoms with van der Waals surface area (Å²) in [5.74, 6) is 0.163. The molecule has 0 spiro atoms. The van der Waals surface area contributed by atoms with E-state index in [1.807, 2.05) is 0 Å². The summed E-state index contributed by atoms with van der Waals surface area (Å²) < 4.78 is 17.8. The third kappa shape index (κ3) is 7.59. The predicted octanol–water partition coefficient (Wildman–Crippen LogP) is 0.916. The van der Waals surface area contributed by atoms with E-state index < -0.39 is 30.5 Å². The summed E-state index contributed by atoms with van der Waals surface area (Å²) in [6, 6.07) is 0. The first kappa shape index (κ1) is 32.3. The van der Waals surface area contributed by atoms with Crippen molar-refractivity contribution in [3.63, 3.8) is 0 Å². The first-order chi connectivity index (χ1) is 10.8. The minimum atomic E-state index is -0.938. The van der Waals surface area contributed by atoms with Crippen LogP contribution in [0.2, 0.25) is 0 Å². The summed E-state index contributed by atoms with van der Waals surface area (Å²) in [5, 5.41) is 29.8. The molecule has 0 aliphatic carbocycles. The molecule has 9 heteroatoms. The number of rotatable bonds is 4. The first-order valence-corrected chi connectivity index (χ1v) is 8.75. The fourth-order valence-electron chi connectivity index (χ4n) is 3.62. The fourth-order valence-corrected chi connectivity index (χ4v) is 3.62. The molecular formula is C17H32Ac3O6. The van der Waals surface area contributed by atoms with Crippen LogP contribution in [0, 0.1) is 150 Å². The maximum absolute atomic E-state index is 10.4. The van der Waals surface area contributed by atoms with Crippen molar-refractivity contribution in [1.29, 1.82) is 0 Å². The van der Waals surface area contributed by atoms with Gasteiger partial charge in [0.15, 0.2) is 6.29 Å². The van der Waals surface area contributed by atoms with Crippen LogP contribution >= 0.6 is 0 Å². The Kier molecular flexibility index (Phi) is 18.6. The van der Waals surface area contributed by atoms with Gasteiger partial charge in [-0.3, -0.25) is 0 Å². The molecule has 0 bridgehead atoms. The van der Waals surface area contributed by atoms with Gasteiger partial charge in [0.25, 0.3) is 0 Å². The van der Waals surface area contributed by atoms with E-state index in [-0.39, 0.29) is 163 Å². The van der Waals surface area contributed by atoms with Crippen molar-refractivity contribution < 1.29 is 162 Å². The fraction of sp³-hybridized carbons (Fsp3) is 1.00. The van der Waals surface area contributed by atoms with E-state index in [9.17, 15) is 15.3 Å². The molecule has 145 valence electrons. The van der Waals surface area contributed by atoms with Gasteiger partial charge >= 0.3 is 0 Å². The van der Waals surface area contributed by atoms with E-state index in [2.05, 4.69) is 27.7 Å². The van der Waals surface area contributed by atoms with Crippen LogP contribution in [-0.4, -0.2) is 64.8 Å². The molecule has 2 aliphatic rings. The zero-order valence-electron chi connectivity index (χ0n) is 16.5. The Labute approximate surface area is 264 Å². The van der Waals surface area contributed by atoms with Crippen molar-refractivity contribution in [1.82, 2.24) is 0 Å². The molecule has 2 fully saturated rings. The van der Waals surface area contributed by atoms with Crippen molar-refractivity contribution in [3.8, 4) is 0 Å². The van der Waals surface area contributed by atoms with Crippen molar-refractivity contribution >= 4 is 0 Å². The molecule has 10 atom stereocenters. The Morgan fingerprint density at radius 3 is 1.88 bits per heavy atom. The minimum Gasteiger partial charge on any atom is -0.394 e. The first-order valence-electron chi connectivity index (χ1n) is 8.75. The molecule has 6 nitrogen and oxygen atoms in total. The van der Waals surface area contributed by atoms with Gasteiger partial charge in [-0.1, -0.05) is 27.7 Å². The molecule has 3 radical (unpaired) electrons. The monoisotopic (exact) mass is 1010 g/mol. The number of ether oxygens (including phenoxy) is 3. The van der Waals surface area contributed by atoms with Crippen molar-refractivity contribution in [3.05, 3.63) is 0 Å². The molecule has 0 aromatic heterocycles. The molecule has 0 saturated carbocycles. The molecule has 2 saturated heterocycles. The molecule has 2 aliphatic heterocycles. The second-order valence-corrected chi connectivity index (χ2v) is 7.17. The number of hydrogen-bond donors (Lipinski definition) is 3. The minimum absolute atomic E-state index is 0. The number of aliphatic hydroxyl groups excluding tert-OH is 3. The Balaban J connectivity index is 0. The van der Waals surface area contributed by atoms with Crippen LogP contribution in [0.3, 0.4) is 0 Å². The standard InChI is InChI=1S/C17H32O6.3Ac/c1-6-12-16(9(3)8(2)11(5)21-12)23-17-15(20)10(4)14(19)13(7-18)22-17;;;/h8-20H,6-7H2,1-5H3;;;/t8?,9?,10-,11-,12-,13?,14-,15?,16+,17+;;;/m1.../s1. The summed E-state index contributed by atoms with van der Waals surface area (Å²) in [4.78, 5) is 0. The zero-order valence-corrected chi connectivity index (χ0v) is 30.7. The van der Waals surface area contributed by atoms with Gasteiger partial charge in [0.05, 0.1) is 31.0 Å². The summed E-state index contributed by atoms with van der Waals surface area (Å²) in [7, 11) is 0. The van der Waals surface area contributed by atoms with Gasteiger partial charge in [-0.2, -0.15) is 0 Å². The van der Waals surface area contributed by atoms with Gasteiger partial charge < -0.3 is 29.5 Å². The molecule has 2 rings (SSSR count). The molecule has 3 N–H and O–H groups in total. The molecule has 0 aromatic rings. The zero-order chi connectivity index (χ0) is 17.3. The van der Waals surface area contributed by atoms with Gasteiger partial charge in [0.2, 0.25) is 0 Å². The quantitative estimate of drug-likeness (QED) is 0.389. The molecule has 0 aromatic carbocycles. The van der Waals surface area contributed by atoms with Crippen LogP contribution in [0.1, 0.15) is 41.0 Å². The van der Waals surface area contributed by atoms with Crippen LogP contribution in [0.15, 0.2) is 0 Å². The predicted molar refractivity (Wildman–Crippen MR) is 84.8 cm³/mol. The van der Waals surface area contributed by atoms with Crippen molar-refractivity contribution in [2.75, 3.05) is 6.61 Å². The van der Waals surface area contributed by atoms with Gasteiger partial charge in [0, 0.05) is 138 Å². The van der Waals surface area contributed by atoms with Crippen LogP contribution < -0.4 is 0 Å². The van der Waals surface area contributed by atoms with E-state index in [0.717, 1.165) is 6.42 Å². The van der Waals surface area contributed by atoms with Gasteiger partial charge in [-0.15, -0.1) is 0 Å². The number of hydrogen-bond acceptors (Lipinski definition) is 6. The van der Waals surface area contributed by atoms with Gasteiger partial charge in [0.1, 0.15) is 12.2 Å². The second-order valence-electron chi connectivity index (χ2n) is 7.17. The van der Waals surface area contributed by atoms with Gasteiger partial charge in [-0.05, 0) is 25.2 Å². The summed E-state index contributed by atoms with van der Waals surface area (Å²) in [6.45, 7) is 9.83. The second kappa shape index (κ2) is 15.0. The third-order valence-electron chi connectivity index (χ3n) is 5.76. The molecule has 4 unspecified atom stereocenters. The maximum atomic E-state index is 10.4. The Morgan fingerprint density at radius 2 is 1.38 bits per heavy atom. The smallest absolute Gasteiger partial charge is 0.184 e. The summed E-state index contributed by atoms with van der Waals surface area (Å²) >= 11 is 0. The Bertz CT molecular complexity index is 388. The van der Waals surface area contributed by atoms with Crippen LogP contribution in [0.25, 0.3) is 0 Å². The Hall–Kier alpha value is 4.08. The third-order valence-corrected chi connectivity index (χ3v) is 5.76. The van der Waals surface area contributed by atoms with E-state index in [1.54, 1.807) is 6.92 Å². The van der Waals surface area contributed by atoms with Gasteiger partial charge in [-0.25, -0.2) is 0 Å². The molecule has 26 heavy (non-hydrogen) atoms.